The summed E-state index contributed by atoms with van der Waals surface area (Å²) in [7, 11) is 0. The van der Waals surface area contributed by atoms with Crippen LogP contribution in [-0.2, 0) is 4.79 Å². The molecule has 0 aromatic carbocycles. The van der Waals surface area contributed by atoms with Gasteiger partial charge >= 0.3 is 5.97 Å². The van der Waals surface area contributed by atoms with Crippen molar-refractivity contribution >= 4 is 5.97 Å². The number of rotatable bonds is 9. The van der Waals surface area contributed by atoms with Gasteiger partial charge in [-0.15, -0.1) is 0 Å². The molecule has 20 heavy (non-hydrogen) atoms. The lowest BCUT2D eigenvalue weighted by atomic mass is 9.84. The molecule has 0 bridgehead atoms. The maximum atomic E-state index is 11.8. The van der Waals surface area contributed by atoms with Gasteiger partial charge in [0.25, 0.3) is 0 Å². The summed E-state index contributed by atoms with van der Waals surface area (Å²) in [5, 5.41) is 13.1. The number of carboxylic acids is 1. The maximum Gasteiger partial charge on any atom is 0.324 e. The average Bonchev–Trinajstić information content (AvgIpc) is 2.81. The zero-order valence-corrected chi connectivity index (χ0v) is 13.6. The van der Waals surface area contributed by atoms with E-state index in [4.69, 9.17) is 0 Å². The highest BCUT2D eigenvalue weighted by atomic mass is 16.4. The Morgan fingerprint density at radius 3 is 2.65 bits per heavy atom. The largest absolute Gasteiger partial charge is 0.480 e. The fourth-order valence-electron chi connectivity index (χ4n) is 3.51. The highest BCUT2D eigenvalue weighted by molar-refractivity contribution is 5.79. The van der Waals surface area contributed by atoms with Crippen molar-refractivity contribution in [3.05, 3.63) is 0 Å². The lowest BCUT2D eigenvalue weighted by Gasteiger charge is -2.34. The van der Waals surface area contributed by atoms with Gasteiger partial charge in [0.2, 0.25) is 0 Å². The summed E-state index contributed by atoms with van der Waals surface area (Å²) in [5.41, 5.74) is -0.674. The minimum atomic E-state index is -0.674. The van der Waals surface area contributed by atoms with E-state index in [1.807, 2.05) is 0 Å². The molecular weight excluding hydrogens is 252 g/mol. The first-order valence-electron chi connectivity index (χ1n) is 8.20. The molecule has 1 aliphatic carbocycles. The Morgan fingerprint density at radius 1 is 1.45 bits per heavy atom. The molecule has 1 aliphatic rings. The number of carboxylic acid groups (broad SMARTS) is 1. The average molecular weight is 284 g/mol. The smallest absolute Gasteiger partial charge is 0.324 e. The Balaban J connectivity index is 2.68. The highest BCUT2D eigenvalue weighted by Crippen LogP contribution is 2.38. The van der Waals surface area contributed by atoms with Crippen LogP contribution in [0.25, 0.3) is 0 Å². The van der Waals surface area contributed by atoms with E-state index in [2.05, 4.69) is 37.9 Å². The van der Waals surface area contributed by atoms with Crippen molar-refractivity contribution in [2.75, 3.05) is 19.6 Å². The summed E-state index contributed by atoms with van der Waals surface area (Å²) in [6, 6.07) is 0.532. The van der Waals surface area contributed by atoms with Crippen LogP contribution in [0.2, 0.25) is 0 Å². The second kappa shape index (κ2) is 7.99. The number of hydrogen-bond donors (Lipinski definition) is 2. The van der Waals surface area contributed by atoms with E-state index in [0.29, 0.717) is 6.04 Å². The highest BCUT2D eigenvalue weighted by Gasteiger charge is 2.48. The predicted molar refractivity (Wildman–Crippen MR) is 83.0 cm³/mol. The van der Waals surface area contributed by atoms with Gasteiger partial charge in [-0.05, 0) is 65.1 Å². The molecule has 0 aromatic rings. The molecule has 0 spiro atoms. The topological polar surface area (TPSA) is 52.6 Å². The van der Waals surface area contributed by atoms with Crippen LogP contribution in [0.3, 0.4) is 0 Å². The van der Waals surface area contributed by atoms with E-state index >= 15 is 0 Å². The van der Waals surface area contributed by atoms with E-state index in [1.54, 1.807) is 0 Å². The Morgan fingerprint density at radius 2 is 2.15 bits per heavy atom. The molecule has 1 saturated carbocycles. The SMILES string of the molecule is CCCNC1(C(=O)O)CCCC1CCN(CC)C(C)C. The second-order valence-electron chi connectivity index (χ2n) is 6.30. The van der Waals surface area contributed by atoms with Crippen molar-refractivity contribution in [2.45, 2.75) is 71.4 Å². The fourth-order valence-corrected chi connectivity index (χ4v) is 3.51. The van der Waals surface area contributed by atoms with E-state index in [0.717, 1.165) is 51.7 Å². The molecule has 2 atom stereocenters. The lowest BCUT2D eigenvalue weighted by Crippen LogP contribution is -2.55. The van der Waals surface area contributed by atoms with Crippen LogP contribution in [0.5, 0.6) is 0 Å². The van der Waals surface area contributed by atoms with Crippen LogP contribution < -0.4 is 5.32 Å². The molecule has 0 saturated heterocycles. The normalized spacial score (nSPS) is 26.6. The summed E-state index contributed by atoms with van der Waals surface area (Å²) in [6.45, 7) is 11.5. The Hall–Kier alpha value is -0.610. The zero-order valence-electron chi connectivity index (χ0n) is 13.6. The van der Waals surface area contributed by atoms with Gasteiger partial charge in [-0.1, -0.05) is 20.3 Å². The van der Waals surface area contributed by atoms with Crippen molar-refractivity contribution in [3.8, 4) is 0 Å². The molecule has 4 heteroatoms. The third-order valence-corrected chi connectivity index (χ3v) is 4.79. The van der Waals surface area contributed by atoms with Crippen LogP contribution in [-0.4, -0.2) is 47.2 Å². The zero-order chi connectivity index (χ0) is 15.2. The molecule has 4 nitrogen and oxygen atoms in total. The Kier molecular flexibility index (Phi) is 6.96. The molecule has 1 rings (SSSR count). The molecule has 0 aliphatic heterocycles. The van der Waals surface area contributed by atoms with Gasteiger partial charge in [-0.25, -0.2) is 0 Å². The van der Waals surface area contributed by atoms with Crippen molar-refractivity contribution in [1.29, 1.82) is 0 Å². The van der Waals surface area contributed by atoms with Gasteiger partial charge in [0.1, 0.15) is 5.54 Å². The second-order valence-corrected chi connectivity index (χ2v) is 6.30. The van der Waals surface area contributed by atoms with E-state index in [1.165, 1.54) is 0 Å². The number of nitrogens with one attached hydrogen (secondary N) is 1. The van der Waals surface area contributed by atoms with Gasteiger partial charge < -0.3 is 15.3 Å². The Labute approximate surface area is 123 Å². The molecule has 118 valence electrons. The van der Waals surface area contributed by atoms with Crippen molar-refractivity contribution in [3.63, 3.8) is 0 Å². The van der Waals surface area contributed by atoms with E-state index in [-0.39, 0.29) is 5.92 Å². The summed E-state index contributed by atoms with van der Waals surface area (Å²) >= 11 is 0. The van der Waals surface area contributed by atoms with Crippen LogP contribution in [0.4, 0.5) is 0 Å². The number of nitrogens with zero attached hydrogens (tertiary/aromatic N) is 1. The van der Waals surface area contributed by atoms with E-state index < -0.39 is 11.5 Å². The van der Waals surface area contributed by atoms with Gasteiger partial charge in [-0.2, -0.15) is 0 Å². The van der Waals surface area contributed by atoms with Crippen LogP contribution in [0.15, 0.2) is 0 Å². The summed E-state index contributed by atoms with van der Waals surface area (Å²) in [5.74, 6) is -0.389. The molecule has 0 amide bonds. The molecule has 0 aromatic heterocycles. The third kappa shape index (κ3) is 3.95. The number of aliphatic carboxylic acids is 1. The fraction of sp³-hybridized carbons (Fsp3) is 0.938. The monoisotopic (exact) mass is 284 g/mol. The van der Waals surface area contributed by atoms with Gasteiger partial charge in [-0.3, -0.25) is 4.79 Å². The van der Waals surface area contributed by atoms with Gasteiger partial charge in [0, 0.05) is 6.04 Å². The molecule has 0 radical (unpaired) electrons. The van der Waals surface area contributed by atoms with Crippen LogP contribution in [0.1, 0.15) is 59.8 Å². The first-order chi connectivity index (χ1) is 9.47. The summed E-state index contributed by atoms with van der Waals surface area (Å²) in [6.07, 6.45) is 4.81. The van der Waals surface area contributed by atoms with E-state index in [9.17, 15) is 9.90 Å². The van der Waals surface area contributed by atoms with Crippen molar-refractivity contribution < 1.29 is 9.90 Å². The summed E-state index contributed by atoms with van der Waals surface area (Å²) in [4.78, 5) is 14.2. The standard InChI is InChI=1S/C16H32N2O2/c1-5-11-17-16(15(19)20)10-7-8-14(16)9-12-18(6-2)13(3)4/h13-14,17H,5-12H2,1-4H3,(H,19,20). The Bertz CT molecular complexity index is 307. The number of carbonyl (C=O) groups is 1. The van der Waals surface area contributed by atoms with Crippen molar-refractivity contribution in [1.82, 2.24) is 10.2 Å². The lowest BCUT2D eigenvalue weighted by molar-refractivity contribution is -0.146. The predicted octanol–water partition coefficient (Wildman–Crippen LogP) is 2.73. The molecule has 2 N–H and O–H groups in total. The molecule has 1 fully saturated rings. The minimum absolute atomic E-state index is 0.263. The quantitative estimate of drug-likeness (QED) is 0.683. The first-order valence-corrected chi connectivity index (χ1v) is 8.20. The van der Waals surface area contributed by atoms with Crippen LogP contribution in [0, 0.1) is 5.92 Å². The van der Waals surface area contributed by atoms with Gasteiger partial charge in [0.15, 0.2) is 0 Å². The summed E-state index contributed by atoms with van der Waals surface area (Å²) < 4.78 is 0. The molecular formula is C16H32N2O2. The maximum absolute atomic E-state index is 11.8. The molecule has 2 unspecified atom stereocenters. The number of hydrogen-bond acceptors (Lipinski definition) is 3. The minimum Gasteiger partial charge on any atom is -0.480 e. The third-order valence-electron chi connectivity index (χ3n) is 4.79. The molecule has 0 heterocycles. The van der Waals surface area contributed by atoms with Gasteiger partial charge in [0.05, 0.1) is 0 Å². The first kappa shape index (κ1) is 17.4. The van der Waals surface area contributed by atoms with Crippen LogP contribution >= 0.6 is 0 Å². The van der Waals surface area contributed by atoms with Crippen molar-refractivity contribution in [2.24, 2.45) is 5.92 Å².